The van der Waals surface area contributed by atoms with Crippen molar-refractivity contribution in [2.45, 2.75) is 70.8 Å². The van der Waals surface area contributed by atoms with Crippen molar-refractivity contribution in [3.05, 3.63) is 0 Å². The Morgan fingerprint density at radius 3 is 2.44 bits per heavy atom. The van der Waals surface area contributed by atoms with Crippen molar-refractivity contribution in [3.63, 3.8) is 0 Å². The maximum absolute atomic E-state index is 5.52. The lowest BCUT2D eigenvalue weighted by Gasteiger charge is -2.34. The summed E-state index contributed by atoms with van der Waals surface area (Å²) in [6, 6.07) is 0.761. The maximum atomic E-state index is 5.52. The van der Waals surface area contributed by atoms with E-state index in [1.807, 2.05) is 0 Å². The summed E-state index contributed by atoms with van der Waals surface area (Å²) in [5.74, 6) is 1.86. The fourth-order valence-electron chi connectivity index (χ4n) is 3.67. The number of ether oxygens (including phenoxy) is 1. The molecule has 18 heavy (non-hydrogen) atoms. The lowest BCUT2D eigenvalue weighted by molar-refractivity contribution is 0.0491. The molecule has 1 saturated heterocycles. The Hall–Kier alpha value is -0.0800. The molecule has 106 valence electrons. The Bertz CT molecular complexity index is 207. The smallest absolute Gasteiger partial charge is 0.0469 e. The van der Waals surface area contributed by atoms with Gasteiger partial charge in [-0.05, 0) is 44.1 Å². The molecule has 0 bridgehead atoms. The molecule has 0 aromatic heterocycles. The normalized spacial score (nSPS) is 25.2. The van der Waals surface area contributed by atoms with Crippen LogP contribution in [0.4, 0.5) is 0 Å². The second kappa shape index (κ2) is 8.16. The molecule has 2 rings (SSSR count). The van der Waals surface area contributed by atoms with Crippen LogP contribution in [0.2, 0.25) is 0 Å². The summed E-state index contributed by atoms with van der Waals surface area (Å²) in [4.78, 5) is 0. The average Bonchev–Trinajstić information content (AvgIpc) is 2.45. The fourth-order valence-corrected chi connectivity index (χ4v) is 3.67. The quantitative estimate of drug-likeness (QED) is 0.778. The summed E-state index contributed by atoms with van der Waals surface area (Å²) in [7, 11) is 0. The monoisotopic (exact) mass is 253 g/mol. The van der Waals surface area contributed by atoms with E-state index in [2.05, 4.69) is 12.2 Å². The third-order valence-electron chi connectivity index (χ3n) is 4.80. The first-order chi connectivity index (χ1) is 8.90. The molecule has 1 N–H and O–H groups in total. The Balaban J connectivity index is 1.82. The van der Waals surface area contributed by atoms with Gasteiger partial charge >= 0.3 is 0 Å². The van der Waals surface area contributed by atoms with Crippen molar-refractivity contribution >= 4 is 0 Å². The highest BCUT2D eigenvalue weighted by Gasteiger charge is 2.26. The Morgan fingerprint density at radius 2 is 1.78 bits per heavy atom. The van der Waals surface area contributed by atoms with E-state index in [0.717, 1.165) is 31.1 Å². The van der Waals surface area contributed by atoms with Crippen molar-refractivity contribution in [2.24, 2.45) is 11.8 Å². The summed E-state index contributed by atoms with van der Waals surface area (Å²) in [5, 5.41) is 3.83. The molecule has 0 aromatic carbocycles. The molecule has 1 unspecified atom stereocenters. The van der Waals surface area contributed by atoms with Gasteiger partial charge in [0.2, 0.25) is 0 Å². The molecular weight excluding hydrogens is 222 g/mol. The van der Waals surface area contributed by atoms with E-state index in [9.17, 15) is 0 Å². The van der Waals surface area contributed by atoms with Crippen LogP contribution in [-0.2, 0) is 4.74 Å². The highest BCUT2D eigenvalue weighted by atomic mass is 16.5. The van der Waals surface area contributed by atoms with Gasteiger partial charge in [0.05, 0.1) is 0 Å². The first-order valence-electron chi connectivity index (χ1n) is 8.21. The topological polar surface area (TPSA) is 21.3 Å². The predicted molar refractivity (Wildman–Crippen MR) is 76.8 cm³/mol. The molecule has 2 heteroatoms. The largest absolute Gasteiger partial charge is 0.381 e. The molecule has 1 atom stereocenters. The summed E-state index contributed by atoms with van der Waals surface area (Å²) >= 11 is 0. The van der Waals surface area contributed by atoms with Gasteiger partial charge in [-0.1, -0.05) is 39.0 Å². The van der Waals surface area contributed by atoms with E-state index in [0.29, 0.717) is 0 Å². The highest BCUT2D eigenvalue weighted by molar-refractivity contribution is 4.82. The Labute approximate surface area is 113 Å². The zero-order valence-electron chi connectivity index (χ0n) is 12.1. The zero-order valence-corrected chi connectivity index (χ0v) is 12.1. The minimum atomic E-state index is 0.761. The molecule has 1 aliphatic heterocycles. The number of rotatable bonds is 6. The minimum Gasteiger partial charge on any atom is -0.381 e. The Morgan fingerprint density at radius 1 is 1.06 bits per heavy atom. The van der Waals surface area contributed by atoms with Crippen molar-refractivity contribution < 1.29 is 4.74 Å². The van der Waals surface area contributed by atoms with E-state index >= 15 is 0 Å². The van der Waals surface area contributed by atoms with Crippen molar-refractivity contribution in [2.75, 3.05) is 19.8 Å². The fraction of sp³-hybridized carbons (Fsp3) is 1.00. The van der Waals surface area contributed by atoms with Crippen molar-refractivity contribution in [3.8, 4) is 0 Å². The van der Waals surface area contributed by atoms with Crippen molar-refractivity contribution in [1.29, 1.82) is 0 Å². The third-order valence-corrected chi connectivity index (χ3v) is 4.80. The second-order valence-electron chi connectivity index (χ2n) is 6.25. The molecule has 0 radical (unpaired) electrons. The van der Waals surface area contributed by atoms with E-state index in [1.165, 1.54) is 64.3 Å². The molecule has 2 aliphatic rings. The first kappa shape index (κ1) is 14.3. The molecule has 1 aliphatic carbocycles. The van der Waals surface area contributed by atoms with E-state index < -0.39 is 0 Å². The highest BCUT2D eigenvalue weighted by Crippen LogP contribution is 2.31. The van der Waals surface area contributed by atoms with Gasteiger partial charge in [-0.25, -0.2) is 0 Å². The predicted octanol–water partition coefficient (Wildman–Crippen LogP) is 3.75. The summed E-state index contributed by atoms with van der Waals surface area (Å²) in [6.07, 6.45) is 12.6. The standard InChI is InChI=1S/C16H31NO/c1-2-10-17-16(15-8-11-18-12-9-15)13-14-6-4-3-5-7-14/h14-17H,2-13H2,1H3. The van der Waals surface area contributed by atoms with Gasteiger partial charge in [0.15, 0.2) is 0 Å². The lowest BCUT2D eigenvalue weighted by Crippen LogP contribution is -2.41. The van der Waals surface area contributed by atoms with Crippen LogP contribution in [0.1, 0.15) is 64.7 Å². The van der Waals surface area contributed by atoms with E-state index in [4.69, 9.17) is 4.74 Å². The first-order valence-corrected chi connectivity index (χ1v) is 8.21. The summed E-state index contributed by atoms with van der Waals surface area (Å²) < 4.78 is 5.52. The van der Waals surface area contributed by atoms with Gasteiger partial charge in [-0.2, -0.15) is 0 Å². The molecule has 1 heterocycles. The Kier molecular flexibility index (Phi) is 6.50. The van der Waals surface area contributed by atoms with Gasteiger partial charge < -0.3 is 10.1 Å². The number of hydrogen-bond acceptors (Lipinski definition) is 2. The number of hydrogen-bond donors (Lipinski definition) is 1. The average molecular weight is 253 g/mol. The minimum absolute atomic E-state index is 0.761. The van der Waals surface area contributed by atoms with Crippen LogP contribution >= 0.6 is 0 Å². The van der Waals surface area contributed by atoms with Crippen LogP contribution in [0.25, 0.3) is 0 Å². The molecular formula is C16H31NO. The van der Waals surface area contributed by atoms with Crippen LogP contribution in [0.15, 0.2) is 0 Å². The van der Waals surface area contributed by atoms with Crippen LogP contribution in [0.3, 0.4) is 0 Å². The molecule has 0 amide bonds. The van der Waals surface area contributed by atoms with Gasteiger partial charge in [-0.15, -0.1) is 0 Å². The van der Waals surface area contributed by atoms with Crippen LogP contribution in [-0.4, -0.2) is 25.8 Å². The summed E-state index contributed by atoms with van der Waals surface area (Å²) in [6.45, 7) is 5.43. The van der Waals surface area contributed by atoms with E-state index in [-0.39, 0.29) is 0 Å². The van der Waals surface area contributed by atoms with Crippen LogP contribution in [0.5, 0.6) is 0 Å². The second-order valence-corrected chi connectivity index (χ2v) is 6.25. The molecule has 2 nitrogen and oxygen atoms in total. The lowest BCUT2D eigenvalue weighted by atomic mass is 9.80. The van der Waals surface area contributed by atoms with Crippen LogP contribution < -0.4 is 5.32 Å². The summed E-state index contributed by atoms with van der Waals surface area (Å²) in [5.41, 5.74) is 0. The van der Waals surface area contributed by atoms with Gasteiger partial charge in [0.25, 0.3) is 0 Å². The van der Waals surface area contributed by atoms with Crippen LogP contribution in [0, 0.1) is 11.8 Å². The SMILES string of the molecule is CCCNC(CC1CCCCC1)C1CCOCC1. The molecule has 2 fully saturated rings. The molecule has 0 aromatic rings. The van der Waals surface area contributed by atoms with Gasteiger partial charge in [0.1, 0.15) is 0 Å². The zero-order chi connectivity index (χ0) is 12.6. The maximum Gasteiger partial charge on any atom is 0.0469 e. The number of nitrogens with one attached hydrogen (secondary N) is 1. The molecule has 1 saturated carbocycles. The van der Waals surface area contributed by atoms with Crippen molar-refractivity contribution in [1.82, 2.24) is 5.32 Å². The molecule has 0 spiro atoms. The van der Waals surface area contributed by atoms with Gasteiger partial charge in [-0.3, -0.25) is 0 Å². The van der Waals surface area contributed by atoms with Gasteiger partial charge in [0, 0.05) is 19.3 Å². The van der Waals surface area contributed by atoms with E-state index in [1.54, 1.807) is 0 Å². The third kappa shape index (κ3) is 4.55.